The fourth-order valence-electron chi connectivity index (χ4n) is 6.50. The minimum atomic E-state index is -2.23. The van der Waals surface area contributed by atoms with Crippen molar-refractivity contribution in [3.63, 3.8) is 0 Å². The SMILES string of the molecule is CC(=O)CC[C@@H]1C2=COC(CO)(O[Si](C(C)C)(C(C)C)C(C)C)C(C)C2CC[C@H]1C. The Bertz CT molecular complexity index is 605. The zero-order chi connectivity index (χ0) is 22.9. The Kier molecular flexibility index (Phi) is 8.42. The number of fused-ring (bicyclic) bond motifs is 1. The van der Waals surface area contributed by atoms with Gasteiger partial charge in [-0.05, 0) is 66.1 Å². The van der Waals surface area contributed by atoms with Crippen LogP contribution in [0, 0.1) is 23.7 Å². The summed E-state index contributed by atoms with van der Waals surface area (Å²) in [5, 5.41) is 10.6. The number of rotatable bonds is 9. The molecule has 4 nitrogen and oxygen atoms in total. The van der Waals surface area contributed by atoms with Gasteiger partial charge in [0.2, 0.25) is 14.1 Å². The maximum absolute atomic E-state index is 11.6. The van der Waals surface area contributed by atoms with E-state index in [0.29, 0.717) is 40.8 Å². The van der Waals surface area contributed by atoms with Crippen LogP contribution < -0.4 is 0 Å². The van der Waals surface area contributed by atoms with Crippen LogP contribution in [-0.4, -0.2) is 31.6 Å². The van der Waals surface area contributed by atoms with E-state index in [1.54, 1.807) is 6.92 Å². The number of aliphatic hydroxyl groups is 1. The number of carbonyl (C=O) groups is 1. The molecule has 174 valence electrons. The molecule has 5 heteroatoms. The lowest BCUT2D eigenvalue weighted by molar-refractivity contribution is -0.233. The first-order valence-electron chi connectivity index (χ1n) is 12.1. The molecule has 0 bridgehead atoms. The highest BCUT2D eigenvalue weighted by atomic mass is 28.4. The van der Waals surface area contributed by atoms with E-state index in [1.807, 2.05) is 6.26 Å². The van der Waals surface area contributed by atoms with Gasteiger partial charge >= 0.3 is 0 Å². The molecule has 1 aliphatic carbocycles. The molecule has 1 N–H and O–H groups in total. The smallest absolute Gasteiger partial charge is 0.227 e. The summed E-state index contributed by atoms with van der Waals surface area (Å²) < 4.78 is 13.5. The monoisotopic (exact) mass is 438 g/mol. The molecule has 5 atom stereocenters. The number of allylic oxidation sites excluding steroid dienone is 1. The molecule has 2 rings (SSSR count). The normalized spacial score (nSPS) is 32.2. The number of Topliss-reactive ketones (excluding diaryl/α,β-unsaturated/α-hetero) is 1. The van der Waals surface area contributed by atoms with E-state index in [4.69, 9.17) is 9.16 Å². The quantitative estimate of drug-likeness (QED) is 0.420. The molecule has 0 aromatic heterocycles. The van der Waals surface area contributed by atoms with Gasteiger partial charge in [0.15, 0.2) is 0 Å². The van der Waals surface area contributed by atoms with Crippen LogP contribution >= 0.6 is 0 Å². The average molecular weight is 439 g/mol. The van der Waals surface area contributed by atoms with Crippen molar-refractivity contribution in [3.8, 4) is 0 Å². The van der Waals surface area contributed by atoms with E-state index in [9.17, 15) is 9.90 Å². The van der Waals surface area contributed by atoms with Gasteiger partial charge < -0.3 is 19.1 Å². The van der Waals surface area contributed by atoms with Crippen LogP contribution in [0.3, 0.4) is 0 Å². The Labute approximate surface area is 185 Å². The fourth-order valence-corrected chi connectivity index (χ4v) is 12.1. The maximum Gasteiger partial charge on any atom is 0.227 e. The van der Waals surface area contributed by atoms with Crippen LogP contribution in [0.1, 0.15) is 88.0 Å². The van der Waals surface area contributed by atoms with E-state index in [2.05, 4.69) is 55.4 Å². The molecule has 0 aromatic rings. The number of ketones is 1. The number of aliphatic hydroxyl groups excluding tert-OH is 1. The van der Waals surface area contributed by atoms with Crippen molar-refractivity contribution >= 4 is 14.1 Å². The highest BCUT2D eigenvalue weighted by Crippen LogP contribution is 2.53. The lowest BCUT2D eigenvalue weighted by Gasteiger charge is -2.54. The molecule has 1 fully saturated rings. The van der Waals surface area contributed by atoms with Crippen LogP contribution in [0.5, 0.6) is 0 Å². The summed E-state index contributed by atoms with van der Waals surface area (Å²) in [6.45, 7) is 19.7. The van der Waals surface area contributed by atoms with Gasteiger partial charge in [-0.1, -0.05) is 55.4 Å². The minimum Gasteiger partial charge on any atom is -0.468 e. The van der Waals surface area contributed by atoms with Gasteiger partial charge in [0, 0.05) is 12.3 Å². The largest absolute Gasteiger partial charge is 0.468 e. The van der Waals surface area contributed by atoms with Gasteiger partial charge in [0.25, 0.3) is 0 Å². The lowest BCUT2D eigenvalue weighted by atomic mass is 9.64. The molecule has 0 amide bonds. The third-order valence-electron chi connectivity index (χ3n) is 8.25. The molecule has 30 heavy (non-hydrogen) atoms. The van der Waals surface area contributed by atoms with Crippen LogP contribution in [0.15, 0.2) is 11.8 Å². The number of carbonyl (C=O) groups excluding carboxylic acids is 1. The van der Waals surface area contributed by atoms with Crippen LogP contribution in [0.4, 0.5) is 0 Å². The molecule has 0 radical (unpaired) electrons. The zero-order valence-corrected chi connectivity index (χ0v) is 21.8. The molecular formula is C25H46O4Si. The first kappa shape index (κ1) is 25.6. The van der Waals surface area contributed by atoms with Crippen molar-refractivity contribution in [2.75, 3.05) is 6.61 Å². The third kappa shape index (κ3) is 4.58. The van der Waals surface area contributed by atoms with Gasteiger partial charge in [-0.25, -0.2) is 0 Å². The second-order valence-electron chi connectivity index (χ2n) is 10.9. The van der Waals surface area contributed by atoms with Crippen LogP contribution in [0.2, 0.25) is 16.6 Å². The molecule has 0 aromatic carbocycles. The molecule has 2 aliphatic rings. The predicted molar refractivity (Wildman–Crippen MR) is 126 cm³/mol. The molecule has 0 spiro atoms. The molecule has 0 saturated heterocycles. The van der Waals surface area contributed by atoms with Gasteiger partial charge in [-0.3, -0.25) is 0 Å². The predicted octanol–water partition coefficient (Wildman–Crippen LogP) is 6.45. The molecule has 3 unspecified atom stereocenters. The number of hydrogen-bond donors (Lipinski definition) is 1. The fraction of sp³-hybridized carbons (Fsp3) is 0.880. The summed E-state index contributed by atoms with van der Waals surface area (Å²) in [4.78, 5) is 11.6. The minimum absolute atomic E-state index is 0.0814. The third-order valence-corrected chi connectivity index (χ3v) is 14.4. The Hall–Kier alpha value is -0.653. The summed E-state index contributed by atoms with van der Waals surface area (Å²) in [6.07, 6.45) is 5.68. The van der Waals surface area contributed by atoms with Gasteiger partial charge in [-0.2, -0.15) is 0 Å². The highest BCUT2D eigenvalue weighted by molar-refractivity contribution is 6.77. The Morgan fingerprint density at radius 3 is 2.20 bits per heavy atom. The summed E-state index contributed by atoms with van der Waals surface area (Å²) >= 11 is 0. The van der Waals surface area contributed by atoms with Crippen LogP contribution in [-0.2, 0) is 14.0 Å². The molecule has 1 saturated carbocycles. The molecule has 1 aliphatic heterocycles. The average Bonchev–Trinajstić information content (AvgIpc) is 2.66. The Morgan fingerprint density at radius 2 is 1.73 bits per heavy atom. The Morgan fingerprint density at radius 1 is 1.17 bits per heavy atom. The van der Waals surface area contributed by atoms with Crippen molar-refractivity contribution in [3.05, 3.63) is 11.8 Å². The van der Waals surface area contributed by atoms with Crippen LogP contribution in [0.25, 0.3) is 0 Å². The second kappa shape index (κ2) is 9.87. The molecular weight excluding hydrogens is 392 g/mol. The first-order chi connectivity index (χ1) is 13.9. The Balaban J connectivity index is 2.42. The van der Waals surface area contributed by atoms with Crippen molar-refractivity contribution < 1.29 is 19.1 Å². The zero-order valence-electron chi connectivity index (χ0n) is 20.8. The van der Waals surface area contributed by atoms with Crippen molar-refractivity contribution in [1.82, 2.24) is 0 Å². The first-order valence-corrected chi connectivity index (χ1v) is 14.2. The van der Waals surface area contributed by atoms with E-state index in [1.165, 1.54) is 5.57 Å². The summed E-state index contributed by atoms with van der Waals surface area (Å²) in [5.41, 5.74) is 2.62. The molecule has 1 heterocycles. The maximum atomic E-state index is 11.6. The number of ether oxygens (including phenoxy) is 1. The summed E-state index contributed by atoms with van der Waals surface area (Å²) in [5.74, 6) is 0.652. The van der Waals surface area contributed by atoms with Crippen molar-refractivity contribution in [1.29, 1.82) is 0 Å². The van der Waals surface area contributed by atoms with Gasteiger partial charge in [0.05, 0.1) is 6.26 Å². The van der Waals surface area contributed by atoms with Crippen molar-refractivity contribution in [2.45, 2.75) is 110 Å². The van der Waals surface area contributed by atoms with Gasteiger partial charge in [-0.15, -0.1) is 0 Å². The van der Waals surface area contributed by atoms with Crippen molar-refractivity contribution in [2.24, 2.45) is 23.7 Å². The van der Waals surface area contributed by atoms with Gasteiger partial charge in [0.1, 0.15) is 12.4 Å². The van der Waals surface area contributed by atoms with E-state index in [0.717, 1.165) is 19.3 Å². The highest BCUT2D eigenvalue weighted by Gasteiger charge is 2.57. The number of hydrogen-bond acceptors (Lipinski definition) is 4. The standard InChI is InChI=1S/C25H46O4Si/c1-16(2)30(17(3)4,18(5)6)29-25(15-26)21(9)23-12-10-19(7)22(13-11-20(8)27)24(23)14-28-25/h14,16-19,21-23,26H,10-13,15H2,1-9H3/t19-,21?,22+,23?,25?/m1/s1. The topological polar surface area (TPSA) is 55.8 Å². The summed E-state index contributed by atoms with van der Waals surface area (Å²) in [7, 11) is -2.23. The summed E-state index contributed by atoms with van der Waals surface area (Å²) in [6, 6.07) is 0. The van der Waals surface area contributed by atoms with E-state index >= 15 is 0 Å². The van der Waals surface area contributed by atoms with E-state index < -0.39 is 14.1 Å². The second-order valence-corrected chi connectivity index (χ2v) is 16.3. The van der Waals surface area contributed by atoms with E-state index in [-0.39, 0.29) is 18.3 Å². The lowest BCUT2D eigenvalue weighted by Crippen LogP contribution is -2.61.